The smallest absolute Gasteiger partial charge is 0.368 e. The molecule has 6 nitrogen and oxygen atoms in total. The highest BCUT2D eigenvalue weighted by Crippen LogP contribution is 2.45. The largest absolute Gasteiger partial charge is 0.416 e. The lowest BCUT2D eigenvalue weighted by Gasteiger charge is -2.48. The molecular formula is C29H33F7N4O2. The van der Waals surface area contributed by atoms with Crippen LogP contribution in [0.2, 0.25) is 0 Å². The third-order valence-electron chi connectivity index (χ3n) is 8.64. The summed E-state index contributed by atoms with van der Waals surface area (Å²) in [7, 11) is 1.32. The molecule has 0 aliphatic carbocycles. The second kappa shape index (κ2) is 11.1. The van der Waals surface area contributed by atoms with Gasteiger partial charge in [-0.05, 0) is 99.0 Å². The Labute approximate surface area is 239 Å². The first-order valence-electron chi connectivity index (χ1n) is 13.5. The van der Waals surface area contributed by atoms with E-state index in [2.05, 4.69) is 5.32 Å². The molecule has 3 N–H and O–H groups in total. The summed E-state index contributed by atoms with van der Waals surface area (Å²) in [5.41, 5.74) is 3.58. The van der Waals surface area contributed by atoms with Crippen molar-refractivity contribution in [1.29, 1.82) is 0 Å². The van der Waals surface area contributed by atoms with Gasteiger partial charge >= 0.3 is 18.4 Å². The molecule has 2 aliphatic heterocycles. The Morgan fingerprint density at radius 3 is 2.02 bits per heavy atom. The summed E-state index contributed by atoms with van der Waals surface area (Å²) in [6, 6.07) is 1.04. The number of hydrogen-bond donors (Lipinski definition) is 2. The van der Waals surface area contributed by atoms with Crippen LogP contribution in [-0.4, -0.2) is 46.9 Å². The van der Waals surface area contributed by atoms with Gasteiger partial charge in [-0.3, -0.25) is 4.79 Å². The van der Waals surface area contributed by atoms with E-state index in [9.17, 15) is 40.3 Å². The van der Waals surface area contributed by atoms with Crippen molar-refractivity contribution in [3.8, 4) is 0 Å². The monoisotopic (exact) mass is 602 g/mol. The summed E-state index contributed by atoms with van der Waals surface area (Å²) in [6.07, 6.45) is -8.17. The Morgan fingerprint density at radius 2 is 1.55 bits per heavy atom. The number of nitrogens with two attached hydrogens (primary N) is 1. The highest BCUT2D eigenvalue weighted by Gasteiger charge is 2.48. The lowest BCUT2D eigenvalue weighted by molar-refractivity contribution is -0.143. The van der Waals surface area contributed by atoms with Gasteiger partial charge in [0.2, 0.25) is 5.91 Å². The van der Waals surface area contributed by atoms with Crippen LogP contribution in [0.15, 0.2) is 30.3 Å². The molecule has 2 heterocycles. The first kappa shape index (κ1) is 31.6. The van der Waals surface area contributed by atoms with Crippen LogP contribution in [0, 0.1) is 19.7 Å². The molecule has 4 rings (SSSR count). The molecular weight excluding hydrogens is 569 g/mol. The van der Waals surface area contributed by atoms with Gasteiger partial charge in [-0.15, -0.1) is 0 Å². The fourth-order valence-corrected chi connectivity index (χ4v) is 6.33. The number of piperidine rings is 1. The maximum atomic E-state index is 14.2. The number of carbonyl (C=O) groups excluding carboxylic acids is 2. The van der Waals surface area contributed by atoms with E-state index in [0.29, 0.717) is 54.5 Å². The van der Waals surface area contributed by atoms with Gasteiger partial charge in [0, 0.05) is 19.1 Å². The topological polar surface area (TPSA) is 78.7 Å². The van der Waals surface area contributed by atoms with Crippen molar-refractivity contribution >= 4 is 11.9 Å². The van der Waals surface area contributed by atoms with Crippen LogP contribution in [0.25, 0.3) is 0 Å². The minimum Gasteiger partial charge on any atom is -0.368 e. The van der Waals surface area contributed by atoms with Gasteiger partial charge in [0.1, 0.15) is 5.82 Å². The zero-order valence-corrected chi connectivity index (χ0v) is 23.6. The van der Waals surface area contributed by atoms with Crippen LogP contribution < -0.4 is 11.1 Å². The summed E-state index contributed by atoms with van der Waals surface area (Å²) in [5, 5.41) is 3.32. The Kier molecular flexibility index (Phi) is 8.31. The standard InChI is InChI=1S/C29H33F7N4O2/c1-15-9-21(30)10-16(2)24(15)23-14-27(6-5-22(38-27)25(37)41)7-8-40(23)26(42)39(4)17(3)18-11-19(28(31,32)33)13-20(12-18)29(34,35)36/h9-13,17,22-23,38H,5-8,14H2,1-4H3,(H2,37,41)/t17-,22-,23-,27+/m1/s1. The lowest BCUT2D eigenvalue weighted by atomic mass is 9.78. The molecule has 0 saturated carbocycles. The molecule has 230 valence electrons. The van der Waals surface area contributed by atoms with Gasteiger partial charge in [0.25, 0.3) is 0 Å². The van der Waals surface area contributed by atoms with Crippen molar-refractivity contribution in [3.05, 3.63) is 69.5 Å². The predicted octanol–water partition coefficient (Wildman–Crippen LogP) is 6.41. The highest BCUT2D eigenvalue weighted by molar-refractivity contribution is 5.80. The zero-order chi connectivity index (χ0) is 31.4. The van der Waals surface area contributed by atoms with Crippen LogP contribution in [-0.2, 0) is 17.1 Å². The van der Waals surface area contributed by atoms with E-state index in [1.807, 2.05) is 0 Å². The molecule has 13 heteroatoms. The van der Waals surface area contributed by atoms with Gasteiger partial charge in [0.15, 0.2) is 0 Å². The van der Waals surface area contributed by atoms with Crippen molar-refractivity contribution in [2.45, 2.75) is 82.5 Å². The Balaban J connectivity index is 1.71. The molecule has 2 aromatic rings. The molecule has 42 heavy (non-hydrogen) atoms. The summed E-state index contributed by atoms with van der Waals surface area (Å²) in [6.45, 7) is 4.94. The molecule has 2 aromatic carbocycles. The maximum absolute atomic E-state index is 14.2. The molecule has 1 spiro atoms. The predicted molar refractivity (Wildman–Crippen MR) is 141 cm³/mol. The molecule has 0 radical (unpaired) electrons. The third-order valence-corrected chi connectivity index (χ3v) is 8.64. The van der Waals surface area contributed by atoms with Crippen molar-refractivity contribution in [2.75, 3.05) is 13.6 Å². The van der Waals surface area contributed by atoms with Crippen molar-refractivity contribution in [1.82, 2.24) is 15.1 Å². The number of alkyl halides is 6. The molecule has 2 aliphatic rings. The number of rotatable bonds is 4. The Bertz CT molecular complexity index is 1320. The number of nitrogens with one attached hydrogen (secondary N) is 1. The van der Waals surface area contributed by atoms with Gasteiger partial charge in [-0.25, -0.2) is 9.18 Å². The number of likely N-dealkylation sites (tertiary alicyclic amines) is 1. The number of carbonyl (C=O) groups is 2. The van der Waals surface area contributed by atoms with Crippen LogP contribution in [0.4, 0.5) is 35.5 Å². The fourth-order valence-electron chi connectivity index (χ4n) is 6.33. The molecule has 3 amide bonds. The Hall–Kier alpha value is -3.35. The third kappa shape index (κ3) is 6.20. The highest BCUT2D eigenvalue weighted by atomic mass is 19.4. The van der Waals surface area contributed by atoms with Crippen molar-refractivity contribution in [2.24, 2.45) is 5.73 Å². The normalized spacial score (nSPS) is 23.7. The number of aryl methyl sites for hydroxylation is 2. The second-order valence-electron chi connectivity index (χ2n) is 11.4. The van der Waals surface area contributed by atoms with Crippen LogP contribution in [0.5, 0.6) is 0 Å². The molecule has 0 unspecified atom stereocenters. The van der Waals surface area contributed by atoms with E-state index in [1.54, 1.807) is 13.8 Å². The van der Waals surface area contributed by atoms with Gasteiger partial charge in [-0.2, -0.15) is 26.3 Å². The van der Waals surface area contributed by atoms with Crippen molar-refractivity contribution in [3.63, 3.8) is 0 Å². The van der Waals surface area contributed by atoms with E-state index in [1.165, 1.54) is 31.0 Å². The summed E-state index contributed by atoms with van der Waals surface area (Å²) in [5.74, 6) is -0.954. The number of amides is 3. The average Bonchev–Trinajstić information content (AvgIpc) is 3.29. The molecule has 0 bridgehead atoms. The van der Waals surface area contributed by atoms with Crippen molar-refractivity contribution < 1.29 is 40.3 Å². The SMILES string of the molecule is Cc1cc(F)cc(C)c1[C@H]1C[C@]2(CC[C@H](C(N)=O)N2)CCN1C(=O)N(C)[C@H](C)c1cc(C(F)(F)F)cc(C(F)(F)F)c1. The van der Waals surface area contributed by atoms with E-state index in [-0.39, 0.29) is 18.2 Å². The van der Waals surface area contributed by atoms with E-state index in [0.717, 1.165) is 4.90 Å². The van der Waals surface area contributed by atoms with Gasteiger partial charge in [0.05, 0.1) is 29.3 Å². The minimum absolute atomic E-state index is 0.0478. The number of hydrogen-bond acceptors (Lipinski definition) is 3. The number of primary amides is 1. The zero-order valence-electron chi connectivity index (χ0n) is 23.6. The summed E-state index contributed by atoms with van der Waals surface area (Å²) < 4.78 is 95.2. The Morgan fingerprint density at radius 1 is 1.00 bits per heavy atom. The van der Waals surface area contributed by atoms with Gasteiger partial charge < -0.3 is 20.9 Å². The maximum Gasteiger partial charge on any atom is 0.416 e. The van der Waals surface area contributed by atoms with E-state index < -0.39 is 64.9 Å². The molecule has 4 atom stereocenters. The first-order chi connectivity index (χ1) is 19.3. The summed E-state index contributed by atoms with van der Waals surface area (Å²) >= 11 is 0. The molecule has 0 aromatic heterocycles. The number of halogens is 7. The fraction of sp³-hybridized carbons (Fsp3) is 0.517. The molecule has 2 saturated heterocycles. The van der Waals surface area contributed by atoms with E-state index in [4.69, 9.17) is 5.73 Å². The van der Waals surface area contributed by atoms with Crippen LogP contribution >= 0.6 is 0 Å². The lowest BCUT2D eigenvalue weighted by Crippen LogP contribution is -2.57. The quantitative estimate of drug-likeness (QED) is 0.398. The molecule has 2 fully saturated rings. The second-order valence-corrected chi connectivity index (χ2v) is 11.4. The van der Waals surface area contributed by atoms with Crippen LogP contribution in [0.3, 0.4) is 0 Å². The van der Waals surface area contributed by atoms with Gasteiger partial charge in [-0.1, -0.05) is 0 Å². The summed E-state index contributed by atoms with van der Waals surface area (Å²) in [4.78, 5) is 28.5. The average molecular weight is 603 g/mol. The van der Waals surface area contributed by atoms with E-state index >= 15 is 0 Å². The number of nitrogens with zero attached hydrogens (tertiary/aromatic N) is 2. The number of benzene rings is 2. The first-order valence-corrected chi connectivity index (χ1v) is 13.5. The van der Waals surface area contributed by atoms with Crippen LogP contribution in [0.1, 0.15) is 78.1 Å². The minimum atomic E-state index is -5.03. The number of urea groups is 1.